The van der Waals surface area contributed by atoms with E-state index in [2.05, 4.69) is 82.2 Å². The largest absolute Gasteiger partial charge is 0.409 e. The number of hydrogen-bond acceptors (Lipinski definition) is 2. The van der Waals surface area contributed by atoms with E-state index in [0.29, 0.717) is 0 Å². The number of anilines is 1. The molecule has 2 rings (SSSR count). The Morgan fingerprint density at radius 3 is 2.22 bits per heavy atom. The van der Waals surface area contributed by atoms with E-state index in [1.807, 2.05) is 0 Å². The zero-order valence-electron chi connectivity index (χ0n) is 16.2. The van der Waals surface area contributed by atoms with Crippen LogP contribution in [0.15, 0.2) is 12.1 Å². The van der Waals surface area contributed by atoms with Crippen LogP contribution in [-0.4, -0.2) is 44.5 Å². The lowest BCUT2D eigenvalue weighted by atomic mass is 10.0. The Balaban J connectivity index is 2.16. The summed E-state index contributed by atoms with van der Waals surface area (Å²) in [6.07, 6.45) is 2.28. The van der Waals surface area contributed by atoms with Crippen LogP contribution in [0.25, 0.3) is 0 Å². The maximum absolute atomic E-state index is 6.35. The minimum atomic E-state index is -1.52. The van der Waals surface area contributed by atoms with Crippen LogP contribution < -0.4 is 4.90 Å². The second-order valence-electron chi connectivity index (χ2n) is 8.50. The predicted molar refractivity (Wildman–Crippen MR) is 103 cm³/mol. The topological polar surface area (TPSA) is 15.5 Å². The summed E-state index contributed by atoms with van der Waals surface area (Å²) in [6, 6.07) is 4.55. The van der Waals surface area contributed by atoms with Gasteiger partial charge in [-0.15, -0.1) is 0 Å². The molecule has 0 bridgehead atoms. The molecule has 1 aromatic carbocycles. The highest BCUT2D eigenvalue weighted by atomic mass is 28.4. The molecule has 23 heavy (non-hydrogen) atoms. The molecule has 0 amide bonds. The zero-order valence-corrected chi connectivity index (χ0v) is 17.2. The normalized spacial score (nSPS) is 16.0. The fraction of sp³-hybridized carbons (Fsp3) is 0.632. The predicted octanol–water partition coefficient (Wildman–Crippen LogP) is 4.10. The number of nitrogens with zero attached hydrogens (tertiary/aromatic N) is 2. The molecule has 128 valence electrons. The van der Waals surface area contributed by atoms with Crippen molar-refractivity contribution in [1.82, 2.24) is 0 Å². The zero-order chi connectivity index (χ0) is 17.4. The molecule has 1 aliphatic heterocycles. The molecule has 0 atom stereocenters. The minimum absolute atomic E-state index is 0.103. The van der Waals surface area contributed by atoms with E-state index in [4.69, 9.17) is 4.43 Å². The first kappa shape index (κ1) is 18.2. The lowest BCUT2D eigenvalue weighted by Gasteiger charge is -2.32. The van der Waals surface area contributed by atoms with Crippen LogP contribution in [-0.2, 0) is 4.43 Å². The van der Waals surface area contributed by atoms with E-state index < -0.39 is 8.32 Å². The van der Waals surface area contributed by atoms with Crippen LogP contribution in [0.3, 0.4) is 0 Å². The average Bonchev–Trinajstić information content (AvgIpc) is 2.71. The van der Waals surface area contributed by atoms with E-state index in [1.54, 1.807) is 0 Å². The standard InChI is InChI=1S/C19H33N2OSi/c1-15-11-16(2)18(17(3)12-15)21-10-9-20(14-21)13-19(4,5)22-23(6,7)8/h11-12,14H,9-10,13H2,1-8H3/q+1. The maximum Gasteiger partial charge on any atom is 0.239 e. The summed E-state index contributed by atoms with van der Waals surface area (Å²) in [5, 5.41) is 0. The minimum Gasteiger partial charge on any atom is -0.409 e. The number of benzene rings is 1. The molecule has 1 heterocycles. The number of aryl methyl sites for hydroxylation is 3. The summed E-state index contributed by atoms with van der Waals surface area (Å²) < 4.78 is 8.75. The summed E-state index contributed by atoms with van der Waals surface area (Å²) in [5.41, 5.74) is 5.32. The van der Waals surface area contributed by atoms with Gasteiger partial charge in [-0.05, 0) is 65.4 Å². The van der Waals surface area contributed by atoms with Crippen LogP contribution in [0, 0.1) is 20.8 Å². The van der Waals surface area contributed by atoms with Crippen LogP contribution in [0.2, 0.25) is 19.6 Å². The lowest BCUT2D eigenvalue weighted by molar-refractivity contribution is -0.528. The molecule has 0 saturated carbocycles. The Bertz CT molecular complexity index is 591. The molecule has 0 N–H and O–H groups in total. The summed E-state index contributed by atoms with van der Waals surface area (Å²) in [4.78, 5) is 2.40. The maximum atomic E-state index is 6.35. The fourth-order valence-electron chi connectivity index (χ4n) is 3.81. The first-order chi connectivity index (χ1) is 10.5. The van der Waals surface area contributed by atoms with Crippen molar-refractivity contribution in [3.63, 3.8) is 0 Å². The second kappa shape index (κ2) is 6.40. The van der Waals surface area contributed by atoms with Crippen molar-refractivity contribution in [2.75, 3.05) is 24.5 Å². The smallest absolute Gasteiger partial charge is 0.239 e. The van der Waals surface area contributed by atoms with Crippen molar-refractivity contribution in [3.8, 4) is 0 Å². The first-order valence-electron chi connectivity index (χ1n) is 8.61. The Morgan fingerprint density at radius 1 is 1.13 bits per heavy atom. The van der Waals surface area contributed by atoms with Gasteiger partial charge in [-0.3, -0.25) is 4.58 Å². The van der Waals surface area contributed by atoms with E-state index in [-0.39, 0.29) is 5.60 Å². The van der Waals surface area contributed by atoms with E-state index in [1.165, 1.54) is 22.4 Å². The van der Waals surface area contributed by atoms with E-state index in [9.17, 15) is 0 Å². The molecule has 0 fully saturated rings. The van der Waals surface area contributed by atoms with Crippen molar-refractivity contribution in [2.45, 2.75) is 59.9 Å². The lowest BCUT2D eigenvalue weighted by Crippen LogP contribution is -2.44. The van der Waals surface area contributed by atoms with Gasteiger partial charge >= 0.3 is 0 Å². The summed E-state index contributed by atoms with van der Waals surface area (Å²) in [5.74, 6) is 0. The highest BCUT2D eigenvalue weighted by Crippen LogP contribution is 2.27. The molecule has 0 aromatic heterocycles. The third-order valence-corrected chi connectivity index (χ3v) is 5.18. The van der Waals surface area contributed by atoms with Crippen molar-refractivity contribution in [1.29, 1.82) is 0 Å². The van der Waals surface area contributed by atoms with Crippen LogP contribution in [0.4, 0.5) is 5.69 Å². The molecule has 0 aliphatic carbocycles. The Labute approximate surface area is 143 Å². The molecular formula is C19H33N2OSi+. The van der Waals surface area contributed by atoms with Crippen molar-refractivity contribution < 1.29 is 9.00 Å². The van der Waals surface area contributed by atoms with E-state index in [0.717, 1.165) is 19.6 Å². The molecule has 3 nitrogen and oxygen atoms in total. The van der Waals surface area contributed by atoms with Gasteiger partial charge in [-0.25, -0.2) is 4.90 Å². The highest BCUT2D eigenvalue weighted by Gasteiger charge is 2.32. The molecule has 0 radical (unpaired) electrons. The molecule has 1 aliphatic rings. The summed E-state index contributed by atoms with van der Waals surface area (Å²) in [7, 11) is -1.52. The van der Waals surface area contributed by atoms with Crippen molar-refractivity contribution >= 4 is 20.3 Å². The quantitative estimate of drug-likeness (QED) is 0.595. The molecule has 0 unspecified atom stereocenters. The van der Waals surface area contributed by atoms with Crippen LogP contribution in [0.5, 0.6) is 0 Å². The number of hydrogen-bond donors (Lipinski definition) is 0. The monoisotopic (exact) mass is 333 g/mol. The summed E-state index contributed by atoms with van der Waals surface area (Å²) in [6.45, 7) is 20.8. The average molecular weight is 334 g/mol. The van der Waals surface area contributed by atoms with Gasteiger partial charge in [0.2, 0.25) is 6.34 Å². The fourth-order valence-corrected chi connectivity index (χ4v) is 5.54. The summed E-state index contributed by atoms with van der Waals surface area (Å²) >= 11 is 0. The van der Waals surface area contributed by atoms with Crippen LogP contribution >= 0.6 is 0 Å². The molecule has 0 saturated heterocycles. The van der Waals surface area contributed by atoms with Gasteiger partial charge in [0.1, 0.15) is 25.3 Å². The van der Waals surface area contributed by atoms with Gasteiger partial charge in [0, 0.05) is 0 Å². The first-order valence-corrected chi connectivity index (χ1v) is 12.0. The highest BCUT2D eigenvalue weighted by molar-refractivity contribution is 6.69. The Kier molecular flexibility index (Phi) is 5.07. The molecule has 4 heteroatoms. The van der Waals surface area contributed by atoms with Crippen molar-refractivity contribution in [2.24, 2.45) is 0 Å². The molecule has 0 spiro atoms. The van der Waals surface area contributed by atoms with Gasteiger partial charge < -0.3 is 4.43 Å². The van der Waals surface area contributed by atoms with Gasteiger partial charge in [0.15, 0.2) is 8.32 Å². The van der Waals surface area contributed by atoms with Crippen molar-refractivity contribution in [3.05, 3.63) is 28.8 Å². The van der Waals surface area contributed by atoms with Gasteiger partial charge in [0.25, 0.3) is 0 Å². The van der Waals surface area contributed by atoms with Gasteiger partial charge in [0.05, 0.1) is 5.60 Å². The van der Waals surface area contributed by atoms with Crippen LogP contribution in [0.1, 0.15) is 30.5 Å². The second-order valence-corrected chi connectivity index (χ2v) is 12.9. The Hall–Kier alpha value is -1.13. The van der Waals surface area contributed by atoms with E-state index >= 15 is 0 Å². The van der Waals surface area contributed by atoms with Gasteiger partial charge in [-0.1, -0.05) is 17.7 Å². The van der Waals surface area contributed by atoms with Gasteiger partial charge in [-0.2, -0.15) is 0 Å². The molecular weight excluding hydrogens is 300 g/mol. The third-order valence-electron chi connectivity index (χ3n) is 4.02. The number of rotatable bonds is 5. The third kappa shape index (κ3) is 4.92. The molecule has 1 aromatic rings. The SMILES string of the molecule is Cc1cc(C)c(N2C=[N+](CC(C)(C)O[Si](C)(C)C)CC2)c(C)c1. The Morgan fingerprint density at radius 2 is 1.70 bits per heavy atom.